The lowest BCUT2D eigenvalue weighted by Gasteiger charge is -2.18. The minimum absolute atomic E-state index is 0.209. The van der Waals surface area contributed by atoms with Crippen molar-refractivity contribution in [1.29, 1.82) is 0 Å². The Balaban J connectivity index is 2.18. The summed E-state index contributed by atoms with van der Waals surface area (Å²) in [5.74, 6) is -0.209. The van der Waals surface area contributed by atoms with Crippen LogP contribution in [0, 0.1) is 5.82 Å². The molecule has 21 heavy (non-hydrogen) atoms. The standard InChI is InChI=1S/C18H16FNS/c1-21-17-9-5-4-8-15(17)18(20)14-10-11-16(19)13-7-3-2-6-12(13)14/h2-11,18H,20H2,1H3. The summed E-state index contributed by atoms with van der Waals surface area (Å²) in [7, 11) is 0. The average Bonchev–Trinajstić information content (AvgIpc) is 2.55. The van der Waals surface area contributed by atoms with Crippen LogP contribution in [0.5, 0.6) is 0 Å². The van der Waals surface area contributed by atoms with Crippen LogP contribution in [0.15, 0.2) is 65.6 Å². The van der Waals surface area contributed by atoms with Crippen LogP contribution >= 0.6 is 11.8 Å². The van der Waals surface area contributed by atoms with Crippen molar-refractivity contribution in [3.05, 3.63) is 77.6 Å². The SMILES string of the molecule is CSc1ccccc1C(N)c1ccc(F)c2ccccc12. The zero-order valence-corrected chi connectivity index (χ0v) is 12.5. The highest BCUT2D eigenvalue weighted by Gasteiger charge is 2.16. The summed E-state index contributed by atoms with van der Waals surface area (Å²) in [4.78, 5) is 1.15. The molecule has 0 heterocycles. The van der Waals surface area contributed by atoms with Crippen molar-refractivity contribution < 1.29 is 4.39 Å². The molecule has 0 aliphatic heterocycles. The third-order valence-corrected chi connectivity index (χ3v) is 4.53. The molecule has 3 aromatic carbocycles. The molecule has 3 aromatic rings. The number of hydrogen-bond donors (Lipinski definition) is 1. The van der Waals surface area contributed by atoms with Gasteiger partial charge in [-0.3, -0.25) is 0 Å². The van der Waals surface area contributed by atoms with Gasteiger partial charge in [0.1, 0.15) is 5.82 Å². The smallest absolute Gasteiger partial charge is 0.131 e. The van der Waals surface area contributed by atoms with Crippen LogP contribution < -0.4 is 5.73 Å². The van der Waals surface area contributed by atoms with Crippen LogP contribution in [0.1, 0.15) is 17.2 Å². The maximum absolute atomic E-state index is 13.9. The predicted molar refractivity (Wildman–Crippen MR) is 88.2 cm³/mol. The largest absolute Gasteiger partial charge is 0.320 e. The summed E-state index contributed by atoms with van der Waals surface area (Å²) in [5, 5.41) is 1.49. The Morgan fingerprint density at radius 2 is 1.52 bits per heavy atom. The van der Waals surface area contributed by atoms with Crippen molar-refractivity contribution in [2.24, 2.45) is 5.73 Å². The molecule has 3 heteroatoms. The summed E-state index contributed by atoms with van der Waals surface area (Å²) in [5.41, 5.74) is 8.50. The first-order chi connectivity index (χ1) is 10.2. The van der Waals surface area contributed by atoms with Gasteiger partial charge in [0.2, 0.25) is 0 Å². The van der Waals surface area contributed by atoms with E-state index in [1.54, 1.807) is 23.9 Å². The summed E-state index contributed by atoms with van der Waals surface area (Å²) >= 11 is 1.67. The molecule has 2 N–H and O–H groups in total. The number of benzene rings is 3. The number of nitrogens with two attached hydrogens (primary N) is 1. The minimum atomic E-state index is -0.265. The molecule has 1 atom stereocenters. The van der Waals surface area contributed by atoms with E-state index >= 15 is 0 Å². The van der Waals surface area contributed by atoms with E-state index in [9.17, 15) is 4.39 Å². The second-order valence-electron chi connectivity index (χ2n) is 4.90. The van der Waals surface area contributed by atoms with Gasteiger partial charge in [0.15, 0.2) is 0 Å². The van der Waals surface area contributed by atoms with Crippen molar-refractivity contribution in [1.82, 2.24) is 0 Å². The van der Waals surface area contributed by atoms with Gasteiger partial charge >= 0.3 is 0 Å². The Morgan fingerprint density at radius 1 is 0.857 bits per heavy atom. The topological polar surface area (TPSA) is 26.0 Å². The maximum atomic E-state index is 13.9. The summed E-state index contributed by atoms with van der Waals surface area (Å²) in [6.07, 6.45) is 2.04. The molecule has 0 saturated heterocycles. The molecule has 0 spiro atoms. The maximum Gasteiger partial charge on any atom is 0.131 e. The minimum Gasteiger partial charge on any atom is -0.320 e. The fourth-order valence-electron chi connectivity index (χ4n) is 2.65. The fourth-order valence-corrected chi connectivity index (χ4v) is 3.29. The van der Waals surface area contributed by atoms with Gasteiger partial charge in [0.05, 0.1) is 6.04 Å². The van der Waals surface area contributed by atoms with E-state index in [1.807, 2.05) is 42.7 Å². The van der Waals surface area contributed by atoms with Crippen LogP contribution in [-0.2, 0) is 0 Å². The normalized spacial score (nSPS) is 12.5. The first-order valence-corrected chi connectivity index (χ1v) is 8.00. The number of fused-ring (bicyclic) bond motifs is 1. The van der Waals surface area contributed by atoms with Gasteiger partial charge in [-0.15, -0.1) is 11.8 Å². The molecule has 0 aromatic heterocycles. The van der Waals surface area contributed by atoms with Crippen molar-refractivity contribution in [2.75, 3.05) is 6.26 Å². The molecule has 0 amide bonds. The van der Waals surface area contributed by atoms with Gasteiger partial charge in [-0.25, -0.2) is 4.39 Å². The molecule has 0 fully saturated rings. The number of thioether (sulfide) groups is 1. The second-order valence-corrected chi connectivity index (χ2v) is 5.75. The molecule has 0 aliphatic rings. The highest BCUT2D eigenvalue weighted by molar-refractivity contribution is 7.98. The average molecular weight is 297 g/mol. The monoisotopic (exact) mass is 297 g/mol. The second kappa shape index (κ2) is 5.88. The number of halogens is 1. The van der Waals surface area contributed by atoms with Crippen molar-refractivity contribution in [3.63, 3.8) is 0 Å². The highest BCUT2D eigenvalue weighted by atomic mass is 32.2. The molecule has 0 saturated carbocycles. The lowest BCUT2D eigenvalue weighted by atomic mass is 9.94. The van der Waals surface area contributed by atoms with E-state index in [1.165, 1.54) is 6.07 Å². The Morgan fingerprint density at radius 3 is 2.29 bits per heavy atom. The Labute approximate surface area is 128 Å². The van der Waals surface area contributed by atoms with Gasteiger partial charge < -0.3 is 5.73 Å². The Hall–Kier alpha value is -1.84. The van der Waals surface area contributed by atoms with Crippen LogP contribution in [0.25, 0.3) is 10.8 Å². The molecule has 1 unspecified atom stereocenters. The van der Waals surface area contributed by atoms with Crippen LogP contribution in [0.3, 0.4) is 0 Å². The van der Waals surface area contributed by atoms with E-state index in [4.69, 9.17) is 5.73 Å². The van der Waals surface area contributed by atoms with Gasteiger partial charge in [0, 0.05) is 10.3 Å². The van der Waals surface area contributed by atoms with E-state index in [0.717, 1.165) is 21.4 Å². The molecule has 3 rings (SSSR count). The zero-order valence-electron chi connectivity index (χ0n) is 11.7. The van der Waals surface area contributed by atoms with Gasteiger partial charge in [-0.05, 0) is 34.9 Å². The third kappa shape index (κ3) is 2.55. The molecule has 106 valence electrons. The fraction of sp³-hybridized carbons (Fsp3) is 0.111. The van der Waals surface area contributed by atoms with Crippen LogP contribution in [0.4, 0.5) is 4.39 Å². The van der Waals surface area contributed by atoms with E-state index in [0.29, 0.717) is 5.39 Å². The molecule has 0 radical (unpaired) electrons. The Kier molecular flexibility index (Phi) is 3.95. The quantitative estimate of drug-likeness (QED) is 0.706. The van der Waals surface area contributed by atoms with Crippen molar-refractivity contribution in [2.45, 2.75) is 10.9 Å². The molecular formula is C18H16FNS. The van der Waals surface area contributed by atoms with Crippen molar-refractivity contribution >= 4 is 22.5 Å². The highest BCUT2D eigenvalue weighted by Crippen LogP contribution is 2.32. The summed E-state index contributed by atoms with van der Waals surface area (Å²) in [6, 6.07) is 18.6. The molecular weight excluding hydrogens is 281 g/mol. The van der Waals surface area contributed by atoms with E-state index < -0.39 is 0 Å². The van der Waals surface area contributed by atoms with Crippen LogP contribution in [0.2, 0.25) is 0 Å². The van der Waals surface area contributed by atoms with Gasteiger partial charge in [-0.1, -0.05) is 48.5 Å². The van der Waals surface area contributed by atoms with Crippen LogP contribution in [-0.4, -0.2) is 6.26 Å². The van der Waals surface area contributed by atoms with E-state index in [-0.39, 0.29) is 11.9 Å². The summed E-state index contributed by atoms with van der Waals surface area (Å²) < 4.78 is 13.9. The predicted octanol–water partition coefficient (Wildman–Crippen LogP) is 4.75. The third-order valence-electron chi connectivity index (χ3n) is 3.71. The molecule has 0 aliphatic carbocycles. The first-order valence-electron chi connectivity index (χ1n) is 6.78. The summed E-state index contributed by atoms with van der Waals surface area (Å²) in [6.45, 7) is 0. The van der Waals surface area contributed by atoms with Crippen molar-refractivity contribution in [3.8, 4) is 0 Å². The van der Waals surface area contributed by atoms with Gasteiger partial charge in [-0.2, -0.15) is 0 Å². The lowest BCUT2D eigenvalue weighted by molar-refractivity contribution is 0.639. The molecule has 0 bridgehead atoms. The van der Waals surface area contributed by atoms with Gasteiger partial charge in [0.25, 0.3) is 0 Å². The Bertz CT molecular complexity index is 785. The van der Waals surface area contributed by atoms with E-state index in [2.05, 4.69) is 6.07 Å². The number of hydrogen-bond acceptors (Lipinski definition) is 2. The number of rotatable bonds is 3. The first kappa shape index (κ1) is 14.1. The lowest BCUT2D eigenvalue weighted by Crippen LogP contribution is -2.13. The zero-order chi connectivity index (χ0) is 14.8. The molecule has 1 nitrogen and oxygen atoms in total.